The van der Waals surface area contributed by atoms with Crippen molar-refractivity contribution < 1.29 is 14.7 Å². The minimum Gasteiger partial charge on any atom is -0.481 e. The van der Waals surface area contributed by atoms with Crippen molar-refractivity contribution in [2.75, 3.05) is 52.4 Å². The molecule has 2 fully saturated rings. The van der Waals surface area contributed by atoms with Crippen LogP contribution >= 0.6 is 0 Å². The number of carbonyl (C=O) groups excluding carboxylic acids is 1. The minimum absolute atomic E-state index is 0.141. The van der Waals surface area contributed by atoms with E-state index in [4.69, 9.17) is 0 Å². The number of amides is 2. The van der Waals surface area contributed by atoms with Gasteiger partial charge in [-0.1, -0.05) is 30.3 Å². The first-order valence-electron chi connectivity index (χ1n) is 10.2. The molecule has 1 unspecified atom stereocenters. The number of benzene rings is 1. The molecule has 3 rings (SSSR count). The van der Waals surface area contributed by atoms with Crippen molar-refractivity contribution in [3.8, 4) is 0 Å². The Balaban J connectivity index is 1.28. The van der Waals surface area contributed by atoms with Crippen molar-refractivity contribution in [1.29, 1.82) is 0 Å². The maximum Gasteiger partial charge on any atom is 0.317 e. The van der Waals surface area contributed by atoms with Gasteiger partial charge in [-0.15, -0.1) is 0 Å². The molecule has 28 heavy (non-hydrogen) atoms. The number of likely N-dealkylation sites (tertiary alicyclic amines) is 1. The monoisotopic (exact) mass is 388 g/mol. The lowest BCUT2D eigenvalue weighted by molar-refractivity contribution is -0.147. The van der Waals surface area contributed by atoms with Gasteiger partial charge in [-0.05, 0) is 31.9 Å². The van der Waals surface area contributed by atoms with Gasteiger partial charge in [0.2, 0.25) is 0 Å². The lowest BCUT2D eigenvalue weighted by atomic mass is 9.90. The number of carboxylic acid groups (broad SMARTS) is 1. The first-order valence-corrected chi connectivity index (χ1v) is 10.2. The Hall–Kier alpha value is -2.12. The second-order valence-corrected chi connectivity index (χ2v) is 8.23. The second-order valence-electron chi connectivity index (χ2n) is 8.23. The predicted molar refractivity (Wildman–Crippen MR) is 108 cm³/mol. The van der Waals surface area contributed by atoms with Crippen LogP contribution in [-0.2, 0) is 11.3 Å². The highest BCUT2D eigenvalue weighted by atomic mass is 16.4. The zero-order valence-electron chi connectivity index (χ0n) is 16.8. The lowest BCUT2D eigenvalue weighted by Crippen LogP contribution is -2.46. The highest BCUT2D eigenvalue weighted by Crippen LogP contribution is 2.29. The van der Waals surface area contributed by atoms with Crippen LogP contribution in [0.2, 0.25) is 0 Å². The number of hydrogen-bond acceptors (Lipinski definition) is 4. The van der Waals surface area contributed by atoms with Gasteiger partial charge in [-0.25, -0.2) is 4.79 Å². The van der Waals surface area contributed by atoms with Gasteiger partial charge in [0.1, 0.15) is 0 Å². The number of urea groups is 1. The van der Waals surface area contributed by atoms with Crippen LogP contribution in [0.5, 0.6) is 0 Å². The fraction of sp³-hybridized carbons (Fsp3) is 0.619. The van der Waals surface area contributed by atoms with E-state index in [-0.39, 0.29) is 12.6 Å². The number of carboxylic acids is 1. The normalized spacial score (nSPS) is 23.7. The lowest BCUT2D eigenvalue weighted by Gasteiger charge is -2.34. The van der Waals surface area contributed by atoms with Crippen LogP contribution in [0.1, 0.15) is 25.3 Å². The number of aliphatic carboxylic acids is 1. The molecule has 0 bridgehead atoms. The number of nitrogens with zero attached hydrogens (tertiary/aromatic N) is 3. The van der Waals surface area contributed by atoms with E-state index in [1.807, 2.05) is 0 Å². The quantitative estimate of drug-likeness (QED) is 0.696. The number of rotatable bonds is 7. The van der Waals surface area contributed by atoms with Crippen LogP contribution in [-0.4, -0.2) is 84.2 Å². The SMILES string of the molecule is CC1(C(=O)O)CCN(C(=O)NCCCN2CCN(Cc3ccccc3)CC2)C1. The third-order valence-electron chi connectivity index (χ3n) is 5.92. The molecule has 1 aromatic rings. The molecule has 0 radical (unpaired) electrons. The summed E-state index contributed by atoms with van der Waals surface area (Å²) < 4.78 is 0. The van der Waals surface area contributed by atoms with E-state index < -0.39 is 11.4 Å². The second kappa shape index (κ2) is 9.39. The topological polar surface area (TPSA) is 76.1 Å². The van der Waals surface area contributed by atoms with E-state index in [2.05, 4.69) is 45.4 Å². The molecule has 2 aliphatic rings. The van der Waals surface area contributed by atoms with Gasteiger partial charge in [0.15, 0.2) is 0 Å². The summed E-state index contributed by atoms with van der Waals surface area (Å²) in [5, 5.41) is 12.2. The Morgan fingerprint density at radius 1 is 1.07 bits per heavy atom. The molecule has 0 spiro atoms. The molecule has 154 valence electrons. The molecule has 0 aromatic heterocycles. The maximum absolute atomic E-state index is 12.2. The van der Waals surface area contributed by atoms with Gasteiger partial charge in [-0.2, -0.15) is 0 Å². The molecule has 0 saturated carbocycles. The molecule has 2 aliphatic heterocycles. The largest absolute Gasteiger partial charge is 0.481 e. The van der Waals surface area contributed by atoms with E-state index in [1.54, 1.807) is 11.8 Å². The van der Waals surface area contributed by atoms with Crippen molar-refractivity contribution in [1.82, 2.24) is 20.0 Å². The first-order chi connectivity index (χ1) is 13.5. The number of piperazine rings is 1. The molecule has 2 heterocycles. The Kier molecular flexibility index (Phi) is 6.91. The summed E-state index contributed by atoms with van der Waals surface area (Å²) in [7, 11) is 0. The van der Waals surface area contributed by atoms with Gasteiger partial charge < -0.3 is 20.2 Å². The van der Waals surface area contributed by atoms with E-state index in [0.29, 0.717) is 19.5 Å². The number of carbonyl (C=O) groups is 2. The first kappa shape index (κ1) is 20.6. The van der Waals surface area contributed by atoms with E-state index >= 15 is 0 Å². The van der Waals surface area contributed by atoms with Gasteiger partial charge >= 0.3 is 12.0 Å². The van der Waals surface area contributed by atoms with Crippen molar-refractivity contribution in [3.05, 3.63) is 35.9 Å². The van der Waals surface area contributed by atoms with Crippen molar-refractivity contribution in [3.63, 3.8) is 0 Å². The minimum atomic E-state index is -0.825. The van der Waals surface area contributed by atoms with Crippen LogP contribution in [0.4, 0.5) is 4.79 Å². The molecule has 0 aliphatic carbocycles. The molecular weight excluding hydrogens is 356 g/mol. The molecule has 7 nitrogen and oxygen atoms in total. The summed E-state index contributed by atoms with van der Waals surface area (Å²) in [5.41, 5.74) is 0.552. The van der Waals surface area contributed by atoms with Crippen molar-refractivity contribution in [2.24, 2.45) is 5.41 Å². The van der Waals surface area contributed by atoms with Gasteiger partial charge in [-0.3, -0.25) is 9.69 Å². The standard InChI is InChI=1S/C21H32N4O3/c1-21(19(26)27)8-11-25(17-21)20(28)22-9-5-10-23-12-14-24(15-13-23)16-18-6-3-2-4-7-18/h2-4,6-7H,5,8-17H2,1H3,(H,22,28)(H,26,27). The number of hydrogen-bond donors (Lipinski definition) is 2. The summed E-state index contributed by atoms with van der Waals surface area (Å²) in [5.74, 6) is -0.825. The zero-order chi connectivity index (χ0) is 20.0. The van der Waals surface area contributed by atoms with E-state index in [0.717, 1.165) is 45.7 Å². The van der Waals surface area contributed by atoms with Crippen molar-refractivity contribution >= 4 is 12.0 Å². The van der Waals surface area contributed by atoms with Crippen LogP contribution in [0.25, 0.3) is 0 Å². The average molecular weight is 389 g/mol. The fourth-order valence-electron chi connectivity index (χ4n) is 3.93. The maximum atomic E-state index is 12.2. The highest BCUT2D eigenvalue weighted by molar-refractivity contribution is 5.79. The van der Waals surface area contributed by atoms with Gasteiger partial charge in [0, 0.05) is 52.4 Å². The summed E-state index contributed by atoms with van der Waals surface area (Å²) in [4.78, 5) is 30.1. The molecule has 7 heteroatoms. The predicted octanol–water partition coefficient (Wildman–Crippen LogP) is 1.70. The van der Waals surface area contributed by atoms with Crippen molar-refractivity contribution in [2.45, 2.75) is 26.3 Å². The summed E-state index contributed by atoms with van der Waals surface area (Å²) in [6.45, 7) is 9.39. The Morgan fingerprint density at radius 3 is 2.39 bits per heavy atom. The summed E-state index contributed by atoms with van der Waals surface area (Å²) in [6, 6.07) is 10.4. The Labute approximate surface area is 167 Å². The van der Waals surface area contributed by atoms with Gasteiger partial charge in [0.05, 0.1) is 5.41 Å². The van der Waals surface area contributed by atoms with Crippen LogP contribution < -0.4 is 5.32 Å². The molecule has 2 saturated heterocycles. The summed E-state index contributed by atoms with van der Waals surface area (Å²) in [6.07, 6.45) is 1.43. The molecule has 1 atom stereocenters. The van der Waals surface area contributed by atoms with Crippen LogP contribution in [0.3, 0.4) is 0 Å². The molecular formula is C21H32N4O3. The highest BCUT2D eigenvalue weighted by Gasteiger charge is 2.42. The molecule has 1 aromatic carbocycles. The fourth-order valence-corrected chi connectivity index (χ4v) is 3.93. The van der Waals surface area contributed by atoms with E-state index in [9.17, 15) is 14.7 Å². The summed E-state index contributed by atoms with van der Waals surface area (Å²) >= 11 is 0. The smallest absolute Gasteiger partial charge is 0.317 e. The van der Waals surface area contributed by atoms with Crippen LogP contribution in [0, 0.1) is 5.41 Å². The van der Waals surface area contributed by atoms with Crippen LogP contribution in [0.15, 0.2) is 30.3 Å². The van der Waals surface area contributed by atoms with Gasteiger partial charge in [0.25, 0.3) is 0 Å². The average Bonchev–Trinajstić information content (AvgIpc) is 3.11. The van der Waals surface area contributed by atoms with E-state index in [1.165, 1.54) is 5.56 Å². The third kappa shape index (κ3) is 5.45. The Bertz CT molecular complexity index is 661. The number of nitrogens with one attached hydrogen (secondary N) is 1. The third-order valence-corrected chi connectivity index (χ3v) is 5.92. The molecule has 2 N–H and O–H groups in total. The Morgan fingerprint density at radius 2 is 1.75 bits per heavy atom. The molecule has 2 amide bonds. The zero-order valence-corrected chi connectivity index (χ0v) is 16.8.